The number of rotatable bonds is 6. The molecule has 0 amide bonds. The molecular formula is C21H27ClN4O. The Balaban J connectivity index is 1.43. The second kappa shape index (κ2) is 9.62. The summed E-state index contributed by atoms with van der Waals surface area (Å²) in [5, 5.41) is 3.98. The number of nitrogens with zero attached hydrogens (tertiary/aromatic N) is 2. The average Bonchev–Trinajstić information content (AvgIpc) is 2.70. The van der Waals surface area contributed by atoms with Crippen LogP contribution in [-0.2, 0) is 6.54 Å². The Morgan fingerprint density at radius 3 is 2.56 bits per heavy atom. The molecule has 2 aromatic rings. The van der Waals surface area contributed by atoms with Crippen molar-refractivity contribution in [1.29, 1.82) is 0 Å². The molecule has 0 unspecified atom stereocenters. The van der Waals surface area contributed by atoms with Crippen molar-refractivity contribution in [2.24, 2.45) is 16.6 Å². The Labute approximate surface area is 166 Å². The van der Waals surface area contributed by atoms with Gasteiger partial charge in [-0.15, -0.1) is 0 Å². The maximum Gasteiger partial charge on any atom is 0.193 e. The summed E-state index contributed by atoms with van der Waals surface area (Å²) in [5.41, 5.74) is 8.13. The third-order valence-electron chi connectivity index (χ3n) is 4.94. The van der Waals surface area contributed by atoms with Crippen molar-refractivity contribution in [3.63, 3.8) is 0 Å². The summed E-state index contributed by atoms with van der Waals surface area (Å²) in [7, 11) is 1.65. The van der Waals surface area contributed by atoms with Crippen LogP contribution in [0.5, 0.6) is 5.75 Å². The summed E-state index contributed by atoms with van der Waals surface area (Å²) in [4.78, 5) is 6.98. The molecule has 6 heteroatoms. The molecule has 3 rings (SSSR count). The van der Waals surface area contributed by atoms with Crippen molar-refractivity contribution >= 4 is 23.2 Å². The van der Waals surface area contributed by atoms with Crippen LogP contribution in [0.2, 0.25) is 5.02 Å². The standard InChI is InChI=1S/C21H27ClN4O/c1-27-19-8-6-18(7-9-19)25-21(23)24-14-16-10-12-26(13-11-16)15-17-4-2-3-5-20(17)22/h2-9,16H,10-15H2,1H3,(H3,23,24,25). The van der Waals surface area contributed by atoms with Gasteiger partial charge in [0.2, 0.25) is 0 Å². The van der Waals surface area contributed by atoms with Gasteiger partial charge in [-0.25, -0.2) is 0 Å². The SMILES string of the molecule is COc1ccc(NC(N)=NCC2CCN(Cc3ccccc3Cl)CC2)cc1. The average molecular weight is 387 g/mol. The summed E-state index contributed by atoms with van der Waals surface area (Å²) in [5.74, 6) is 1.85. The number of likely N-dealkylation sites (tertiary alicyclic amines) is 1. The molecule has 3 N–H and O–H groups in total. The van der Waals surface area contributed by atoms with E-state index in [1.54, 1.807) is 7.11 Å². The van der Waals surface area contributed by atoms with Crippen LogP contribution in [0.25, 0.3) is 0 Å². The zero-order chi connectivity index (χ0) is 19.1. The third-order valence-corrected chi connectivity index (χ3v) is 5.31. The molecule has 5 nitrogen and oxygen atoms in total. The topological polar surface area (TPSA) is 62.9 Å². The molecular weight excluding hydrogens is 360 g/mol. The van der Waals surface area contributed by atoms with E-state index in [0.717, 1.165) is 55.5 Å². The molecule has 0 atom stereocenters. The second-order valence-corrected chi connectivity index (χ2v) is 7.30. The summed E-state index contributed by atoms with van der Waals surface area (Å²) >= 11 is 6.27. The monoisotopic (exact) mass is 386 g/mol. The van der Waals surface area contributed by atoms with Gasteiger partial charge in [0.25, 0.3) is 0 Å². The van der Waals surface area contributed by atoms with E-state index in [4.69, 9.17) is 22.1 Å². The van der Waals surface area contributed by atoms with E-state index < -0.39 is 0 Å². The van der Waals surface area contributed by atoms with Crippen LogP contribution < -0.4 is 15.8 Å². The molecule has 1 aliphatic heterocycles. The van der Waals surface area contributed by atoms with Crippen molar-refractivity contribution in [3.8, 4) is 5.75 Å². The normalized spacial score (nSPS) is 16.3. The van der Waals surface area contributed by atoms with Crippen molar-refractivity contribution < 1.29 is 4.74 Å². The highest BCUT2D eigenvalue weighted by Crippen LogP contribution is 2.22. The van der Waals surface area contributed by atoms with Crippen LogP contribution in [0.1, 0.15) is 18.4 Å². The van der Waals surface area contributed by atoms with E-state index >= 15 is 0 Å². The molecule has 1 heterocycles. The maximum atomic E-state index is 6.27. The Bertz CT molecular complexity index is 755. The molecule has 144 valence electrons. The van der Waals surface area contributed by atoms with Gasteiger partial charge in [0.05, 0.1) is 7.11 Å². The van der Waals surface area contributed by atoms with Crippen molar-refractivity contribution in [2.45, 2.75) is 19.4 Å². The lowest BCUT2D eigenvalue weighted by Crippen LogP contribution is -2.34. The van der Waals surface area contributed by atoms with Gasteiger partial charge >= 0.3 is 0 Å². The minimum Gasteiger partial charge on any atom is -0.497 e. The van der Waals surface area contributed by atoms with E-state index in [1.807, 2.05) is 42.5 Å². The number of halogens is 1. The summed E-state index contributed by atoms with van der Waals surface area (Å²) in [6.45, 7) is 3.81. The molecule has 1 saturated heterocycles. The second-order valence-electron chi connectivity index (χ2n) is 6.89. The van der Waals surface area contributed by atoms with E-state index in [1.165, 1.54) is 5.56 Å². The fraction of sp³-hybridized carbons (Fsp3) is 0.381. The molecule has 0 bridgehead atoms. The van der Waals surface area contributed by atoms with E-state index in [-0.39, 0.29) is 0 Å². The van der Waals surface area contributed by atoms with Crippen LogP contribution in [-0.4, -0.2) is 37.6 Å². The number of aliphatic imine (C=N–C) groups is 1. The summed E-state index contributed by atoms with van der Waals surface area (Å²) in [6.07, 6.45) is 2.26. The first kappa shape index (κ1) is 19.5. The van der Waals surface area contributed by atoms with Gasteiger partial charge < -0.3 is 15.8 Å². The van der Waals surface area contributed by atoms with Gasteiger partial charge in [-0.3, -0.25) is 9.89 Å². The van der Waals surface area contributed by atoms with E-state index in [2.05, 4.69) is 21.3 Å². The van der Waals surface area contributed by atoms with Crippen LogP contribution in [0.4, 0.5) is 5.69 Å². The fourth-order valence-electron chi connectivity index (χ4n) is 3.28. The third kappa shape index (κ3) is 5.88. The number of guanidine groups is 1. The summed E-state index contributed by atoms with van der Waals surface area (Å²) < 4.78 is 5.15. The zero-order valence-corrected chi connectivity index (χ0v) is 16.5. The predicted octanol–water partition coefficient (Wildman–Crippen LogP) is 3.99. The lowest BCUT2D eigenvalue weighted by molar-refractivity contribution is 0.180. The molecule has 0 spiro atoms. The van der Waals surface area contributed by atoms with Gasteiger partial charge in [-0.05, 0) is 67.7 Å². The number of benzene rings is 2. The number of nitrogens with one attached hydrogen (secondary N) is 1. The number of nitrogens with two attached hydrogens (primary N) is 1. The minimum atomic E-state index is 0.457. The Morgan fingerprint density at radius 2 is 1.89 bits per heavy atom. The minimum absolute atomic E-state index is 0.457. The lowest BCUT2D eigenvalue weighted by atomic mass is 9.96. The first-order valence-electron chi connectivity index (χ1n) is 9.31. The Morgan fingerprint density at radius 1 is 1.19 bits per heavy atom. The highest BCUT2D eigenvalue weighted by Gasteiger charge is 2.19. The van der Waals surface area contributed by atoms with Gasteiger partial charge in [0.1, 0.15) is 5.75 Å². The largest absolute Gasteiger partial charge is 0.497 e. The van der Waals surface area contributed by atoms with Crippen molar-refractivity contribution in [3.05, 3.63) is 59.1 Å². The highest BCUT2D eigenvalue weighted by atomic mass is 35.5. The molecule has 0 aromatic heterocycles. The Hall–Kier alpha value is -2.24. The highest BCUT2D eigenvalue weighted by molar-refractivity contribution is 6.31. The molecule has 1 fully saturated rings. The summed E-state index contributed by atoms with van der Waals surface area (Å²) in [6, 6.07) is 15.7. The van der Waals surface area contributed by atoms with Gasteiger partial charge in [0.15, 0.2) is 5.96 Å². The lowest BCUT2D eigenvalue weighted by Gasteiger charge is -2.31. The van der Waals surface area contributed by atoms with E-state index in [0.29, 0.717) is 11.9 Å². The first-order valence-corrected chi connectivity index (χ1v) is 9.68. The van der Waals surface area contributed by atoms with Crippen molar-refractivity contribution in [1.82, 2.24) is 4.90 Å². The number of ether oxygens (including phenoxy) is 1. The predicted molar refractivity (Wildman–Crippen MR) is 113 cm³/mol. The number of piperidine rings is 1. The number of hydrogen-bond acceptors (Lipinski definition) is 3. The number of anilines is 1. The number of methoxy groups -OCH3 is 1. The van der Waals surface area contributed by atoms with Gasteiger partial charge in [-0.2, -0.15) is 0 Å². The molecule has 1 aliphatic rings. The fourth-order valence-corrected chi connectivity index (χ4v) is 3.48. The maximum absolute atomic E-state index is 6.27. The van der Waals surface area contributed by atoms with Crippen LogP contribution in [0.15, 0.2) is 53.5 Å². The first-order chi connectivity index (χ1) is 13.1. The smallest absolute Gasteiger partial charge is 0.193 e. The van der Waals surface area contributed by atoms with Crippen LogP contribution in [0.3, 0.4) is 0 Å². The Kier molecular flexibility index (Phi) is 6.96. The quantitative estimate of drug-likeness (QED) is 0.582. The van der Waals surface area contributed by atoms with E-state index in [9.17, 15) is 0 Å². The molecule has 0 saturated carbocycles. The van der Waals surface area contributed by atoms with Crippen molar-refractivity contribution in [2.75, 3.05) is 32.1 Å². The van der Waals surface area contributed by atoms with Crippen LogP contribution >= 0.6 is 11.6 Å². The zero-order valence-electron chi connectivity index (χ0n) is 15.7. The molecule has 2 aromatic carbocycles. The van der Waals surface area contributed by atoms with Crippen LogP contribution in [0, 0.1) is 5.92 Å². The van der Waals surface area contributed by atoms with Gasteiger partial charge in [0, 0.05) is 23.8 Å². The van der Waals surface area contributed by atoms with Gasteiger partial charge in [-0.1, -0.05) is 29.8 Å². The molecule has 0 radical (unpaired) electrons. The molecule has 27 heavy (non-hydrogen) atoms. The molecule has 0 aliphatic carbocycles. The number of hydrogen-bond donors (Lipinski definition) is 2.